The van der Waals surface area contributed by atoms with Crippen molar-refractivity contribution < 1.29 is 9.59 Å². The Morgan fingerprint density at radius 1 is 1.29 bits per heavy atom. The molecule has 1 aromatic heterocycles. The Labute approximate surface area is 128 Å². The fourth-order valence-corrected chi connectivity index (χ4v) is 2.17. The number of hydrogen-bond acceptors (Lipinski definition) is 5. The van der Waals surface area contributed by atoms with Crippen LogP contribution in [0.2, 0.25) is 5.15 Å². The summed E-state index contributed by atoms with van der Waals surface area (Å²) in [6.07, 6.45) is 0.126. The van der Waals surface area contributed by atoms with Gasteiger partial charge in [0.25, 0.3) is 5.91 Å². The van der Waals surface area contributed by atoms with Crippen LogP contribution in [-0.4, -0.2) is 39.8 Å². The van der Waals surface area contributed by atoms with Crippen LogP contribution in [0.25, 0.3) is 0 Å². The highest BCUT2D eigenvalue weighted by atomic mass is 35.5. The van der Waals surface area contributed by atoms with Crippen LogP contribution in [0.4, 0.5) is 5.82 Å². The highest BCUT2D eigenvalue weighted by Gasteiger charge is 2.36. The Kier molecular flexibility index (Phi) is 3.93. The van der Waals surface area contributed by atoms with Gasteiger partial charge in [-0.25, -0.2) is 9.97 Å². The van der Waals surface area contributed by atoms with E-state index in [9.17, 15) is 9.59 Å². The smallest absolute Gasteiger partial charge is 0.251 e. The summed E-state index contributed by atoms with van der Waals surface area (Å²) in [5.74, 6) is 0.630. The summed E-state index contributed by atoms with van der Waals surface area (Å²) in [6, 6.07) is -0.597. The van der Waals surface area contributed by atoms with Gasteiger partial charge in [-0.3, -0.25) is 14.5 Å². The summed E-state index contributed by atoms with van der Waals surface area (Å²) < 4.78 is 0. The van der Waals surface area contributed by atoms with Gasteiger partial charge in [0.15, 0.2) is 0 Å². The number of carbonyl (C=O) groups excluding carboxylic acids is 2. The number of anilines is 1. The molecule has 0 saturated carbocycles. The van der Waals surface area contributed by atoms with Crippen molar-refractivity contribution in [2.45, 2.75) is 45.6 Å². The molecular weight excluding hydrogens is 292 g/mol. The van der Waals surface area contributed by atoms with E-state index < -0.39 is 6.04 Å². The Balaban J connectivity index is 2.34. The summed E-state index contributed by atoms with van der Waals surface area (Å²) in [5, 5.41) is 3.38. The predicted molar refractivity (Wildman–Crippen MR) is 80.3 cm³/mol. The molecule has 1 fully saturated rings. The van der Waals surface area contributed by atoms with Crippen LogP contribution in [0.15, 0.2) is 0 Å². The fourth-order valence-electron chi connectivity index (χ4n) is 2.00. The zero-order valence-corrected chi connectivity index (χ0v) is 13.6. The Morgan fingerprint density at radius 3 is 2.38 bits per heavy atom. The minimum Gasteiger partial charge on any atom is -0.358 e. The molecule has 0 aliphatic carbocycles. The molecule has 114 valence electrons. The summed E-state index contributed by atoms with van der Waals surface area (Å²) in [6.45, 7) is 7.73. The average molecular weight is 311 g/mol. The molecule has 0 bridgehead atoms. The summed E-state index contributed by atoms with van der Waals surface area (Å²) in [7, 11) is 1.48. The van der Waals surface area contributed by atoms with Gasteiger partial charge in [0.2, 0.25) is 5.91 Å². The monoisotopic (exact) mass is 310 g/mol. The van der Waals surface area contributed by atoms with Crippen molar-refractivity contribution in [1.29, 1.82) is 0 Å². The van der Waals surface area contributed by atoms with Crippen LogP contribution in [-0.2, 0) is 15.0 Å². The molecule has 1 aliphatic rings. The van der Waals surface area contributed by atoms with Crippen molar-refractivity contribution in [2.24, 2.45) is 0 Å². The Hall–Kier alpha value is -1.69. The van der Waals surface area contributed by atoms with E-state index in [-0.39, 0.29) is 23.7 Å². The van der Waals surface area contributed by atoms with E-state index in [0.717, 1.165) is 4.90 Å². The number of nitrogens with one attached hydrogen (secondary N) is 1. The molecule has 2 heterocycles. The molecule has 1 unspecified atom stereocenters. The second-order valence-corrected chi connectivity index (χ2v) is 6.61. The maximum Gasteiger partial charge on any atom is 0.251 e. The van der Waals surface area contributed by atoms with Crippen molar-refractivity contribution in [3.8, 4) is 0 Å². The molecular formula is C14H19ClN4O2. The van der Waals surface area contributed by atoms with E-state index in [2.05, 4.69) is 15.3 Å². The van der Waals surface area contributed by atoms with Crippen LogP contribution in [0, 0.1) is 6.92 Å². The second-order valence-electron chi connectivity index (χ2n) is 6.25. The molecule has 1 saturated heterocycles. The molecule has 0 aromatic carbocycles. The molecule has 2 amide bonds. The zero-order valence-electron chi connectivity index (χ0n) is 12.8. The summed E-state index contributed by atoms with van der Waals surface area (Å²) >= 11 is 6.15. The van der Waals surface area contributed by atoms with Gasteiger partial charge in [-0.2, -0.15) is 0 Å². The lowest BCUT2D eigenvalue weighted by Crippen LogP contribution is -2.32. The van der Waals surface area contributed by atoms with Crippen molar-refractivity contribution >= 4 is 29.2 Å². The van der Waals surface area contributed by atoms with E-state index in [1.807, 2.05) is 20.8 Å². The topological polar surface area (TPSA) is 75.2 Å². The number of imide groups is 1. The third-order valence-electron chi connectivity index (χ3n) is 3.45. The maximum atomic E-state index is 12.0. The molecule has 1 aromatic rings. The van der Waals surface area contributed by atoms with Crippen molar-refractivity contribution in [2.75, 3.05) is 12.4 Å². The molecule has 0 spiro atoms. The van der Waals surface area contributed by atoms with Gasteiger partial charge in [0.05, 0.1) is 6.42 Å². The molecule has 0 radical (unpaired) electrons. The zero-order chi connectivity index (χ0) is 15.9. The van der Waals surface area contributed by atoms with E-state index in [1.54, 1.807) is 6.92 Å². The number of aromatic nitrogens is 2. The first-order chi connectivity index (χ1) is 9.61. The van der Waals surface area contributed by atoms with Crippen LogP contribution >= 0.6 is 11.6 Å². The number of hydrogen-bond donors (Lipinski definition) is 1. The van der Waals surface area contributed by atoms with E-state index in [0.29, 0.717) is 22.4 Å². The summed E-state index contributed by atoms with van der Waals surface area (Å²) in [4.78, 5) is 33.4. The van der Waals surface area contributed by atoms with E-state index in [4.69, 9.17) is 11.6 Å². The predicted octanol–water partition coefficient (Wildman–Crippen LogP) is 1.91. The Morgan fingerprint density at radius 2 is 1.90 bits per heavy atom. The lowest BCUT2D eigenvalue weighted by Gasteiger charge is -2.20. The summed E-state index contributed by atoms with van der Waals surface area (Å²) in [5.41, 5.74) is 0.402. The normalized spacial score (nSPS) is 19.3. The molecule has 2 rings (SSSR count). The van der Waals surface area contributed by atoms with E-state index in [1.165, 1.54) is 7.05 Å². The highest BCUT2D eigenvalue weighted by Crippen LogP contribution is 2.27. The first-order valence-corrected chi connectivity index (χ1v) is 7.10. The quantitative estimate of drug-likeness (QED) is 0.667. The average Bonchev–Trinajstić information content (AvgIpc) is 2.61. The first kappa shape index (κ1) is 15.7. The maximum absolute atomic E-state index is 12.0. The van der Waals surface area contributed by atoms with Crippen molar-refractivity contribution in [3.05, 3.63) is 16.5 Å². The highest BCUT2D eigenvalue weighted by molar-refractivity contribution is 6.30. The molecule has 1 atom stereocenters. The number of nitrogens with zero attached hydrogens (tertiary/aromatic N) is 3. The molecule has 21 heavy (non-hydrogen) atoms. The lowest BCUT2D eigenvalue weighted by molar-refractivity contribution is -0.136. The van der Waals surface area contributed by atoms with Crippen LogP contribution < -0.4 is 5.32 Å². The fraction of sp³-hybridized carbons (Fsp3) is 0.571. The molecule has 7 heteroatoms. The first-order valence-electron chi connectivity index (χ1n) is 6.73. The van der Waals surface area contributed by atoms with Crippen molar-refractivity contribution in [1.82, 2.24) is 14.9 Å². The molecule has 1 N–H and O–H groups in total. The van der Waals surface area contributed by atoms with Gasteiger partial charge >= 0.3 is 0 Å². The van der Waals surface area contributed by atoms with Crippen LogP contribution in [0.3, 0.4) is 0 Å². The van der Waals surface area contributed by atoms with Gasteiger partial charge in [-0.15, -0.1) is 0 Å². The number of carbonyl (C=O) groups is 2. The third-order valence-corrected chi connectivity index (χ3v) is 3.82. The SMILES string of the molecule is Cc1c(Cl)nc(C(C)(C)C)nc1NC1CC(=O)N(C)C1=O. The van der Waals surface area contributed by atoms with Crippen molar-refractivity contribution in [3.63, 3.8) is 0 Å². The number of likely N-dealkylation sites (N-methyl/N-ethyl adjacent to an activating group) is 1. The minimum atomic E-state index is -0.597. The third kappa shape index (κ3) is 3.00. The molecule has 1 aliphatic heterocycles. The standard InChI is InChI=1S/C14H19ClN4O2/c1-7-10(15)17-13(14(2,3)4)18-11(7)16-8-6-9(20)19(5)12(8)21/h8H,6H2,1-5H3,(H,16,17,18). The van der Waals surface area contributed by atoms with Crippen LogP contribution in [0.1, 0.15) is 38.6 Å². The van der Waals surface area contributed by atoms with Gasteiger partial charge in [0.1, 0.15) is 22.8 Å². The van der Waals surface area contributed by atoms with Gasteiger partial charge in [-0.05, 0) is 6.92 Å². The van der Waals surface area contributed by atoms with Gasteiger partial charge in [-0.1, -0.05) is 32.4 Å². The number of likely N-dealkylation sites (tertiary alicyclic amines) is 1. The van der Waals surface area contributed by atoms with Gasteiger partial charge < -0.3 is 5.32 Å². The second kappa shape index (κ2) is 5.26. The van der Waals surface area contributed by atoms with Crippen LogP contribution in [0.5, 0.6) is 0 Å². The number of rotatable bonds is 2. The number of halogens is 1. The minimum absolute atomic E-state index is 0.126. The number of amides is 2. The lowest BCUT2D eigenvalue weighted by atomic mass is 9.95. The van der Waals surface area contributed by atoms with Gasteiger partial charge in [0, 0.05) is 18.0 Å². The molecule has 6 nitrogen and oxygen atoms in total. The largest absolute Gasteiger partial charge is 0.358 e. The van der Waals surface area contributed by atoms with E-state index >= 15 is 0 Å². The Bertz CT molecular complexity index is 610.